The van der Waals surface area contributed by atoms with Crippen molar-refractivity contribution in [2.45, 2.75) is 32.1 Å². The lowest BCUT2D eigenvalue weighted by atomic mass is 9.93. The van der Waals surface area contributed by atoms with Gasteiger partial charge in [0.25, 0.3) is 0 Å². The van der Waals surface area contributed by atoms with Crippen molar-refractivity contribution in [2.24, 2.45) is 0 Å². The molecule has 0 saturated carbocycles. The Hall–Kier alpha value is -0.850. The van der Waals surface area contributed by atoms with Crippen LogP contribution in [0.2, 0.25) is 0 Å². The number of hydrogen-bond donors (Lipinski definition) is 0. The lowest BCUT2D eigenvalue weighted by molar-refractivity contribution is -0.114. The van der Waals surface area contributed by atoms with E-state index in [-0.39, 0.29) is 0 Å². The molecule has 2 aliphatic rings. The minimum Gasteiger partial charge on any atom is -0.294 e. The van der Waals surface area contributed by atoms with Gasteiger partial charge in [-0.2, -0.15) is 0 Å². The number of Topliss-reactive ketones (excluding diaryl/α,β-unsaturated/α-hetero) is 1. The molecule has 58 valence electrons. The molecular weight excluding hydrogens is 136 g/mol. The van der Waals surface area contributed by atoms with E-state index in [1.54, 1.807) is 0 Å². The van der Waals surface area contributed by atoms with Crippen LogP contribution in [0, 0.1) is 0 Å². The standard InChI is InChI=1S/C10H12O/c1-7-6-10(11)9-5-3-2-4-8(7)9/h1-6H2. The van der Waals surface area contributed by atoms with Crippen molar-refractivity contribution in [1.29, 1.82) is 0 Å². The van der Waals surface area contributed by atoms with Gasteiger partial charge in [0.1, 0.15) is 0 Å². The summed E-state index contributed by atoms with van der Waals surface area (Å²) in [6.07, 6.45) is 5.14. The topological polar surface area (TPSA) is 17.1 Å². The van der Waals surface area contributed by atoms with Crippen LogP contribution < -0.4 is 0 Å². The minimum atomic E-state index is 0.338. The summed E-state index contributed by atoms with van der Waals surface area (Å²) in [7, 11) is 0. The van der Waals surface area contributed by atoms with Gasteiger partial charge in [-0.25, -0.2) is 0 Å². The number of rotatable bonds is 0. The Morgan fingerprint density at radius 1 is 1.09 bits per heavy atom. The van der Waals surface area contributed by atoms with Gasteiger partial charge in [-0.1, -0.05) is 6.58 Å². The van der Waals surface area contributed by atoms with Crippen molar-refractivity contribution >= 4 is 5.78 Å². The quantitative estimate of drug-likeness (QED) is 0.515. The zero-order valence-corrected chi connectivity index (χ0v) is 6.65. The van der Waals surface area contributed by atoms with E-state index >= 15 is 0 Å². The van der Waals surface area contributed by atoms with Crippen molar-refractivity contribution in [3.8, 4) is 0 Å². The van der Waals surface area contributed by atoms with Gasteiger partial charge < -0.3 is 0 Å². The molecule has 0 amide bonds. The molecule has 0 aromatic carbocycles. The second-order valence-electron chi connectivity index (χ2n) is 3.37. The molecule has 0 aromatic rings. The maximum absolute atomic E-state index is 11.3. The molecule has 0 atom stereocenters. The number of allylic oxidation sites excluding steroid dienone is 3. The number of carbonyl (C=O) groups is 1. The first-order valence-electron chi connectivity index (χ1n) is 4.22. The molecule has 11 heavy (non-hydrogen) atoms. The maximum atomic E-state index is 11.3. The SMILES string of the molecule is C=C1CC(=O)C2=C1CCCC2. The molecule has 0 radical (unpaired) electrons. The summed E-state index contributed by atoms with van der Waals surface area (Å²) in [5, 5.41) is 0. The van der Waals surface area contributed by atoms with Gasteiger partial charge in [-0.15, -0.1) is 0 Å². The molecule has 0 bridgehead atoms. The van der Waals surface area contributed by atoms with Crippen LogP contribution >= 0.6 is 0 Å². The highest BCUT2D eigenvalue weighted by molar-refractivity contribution is 6.02. The van der Waals surface area contributed by atoms with Crippen LogP contribution in [-0.4, -0.2) is 5.78 Å². The van der Waals surface area contributed by atoms with Crippen LogP contribution in [0.25, 0.3) is 0 Å². The summed E-state index contributed by atoms with van der Waals surface area (Å²) in [6.45, 7) is 3.91. The number of carbonyl (C=O) groups excluding carboxylic acids is 1. The molecule has 0 aliphatic heterocycles. The van der Waals surface area contributed by atoms with Gasteiger partial charge in [0, 0.05) is 6.42 Å². The third kappa shape index (κ3) is 0.953. The van der Waals surface area contributed by atoms with Crippen LogP contribution in [0.4, 0.5) is 0 Å². The summed E-state index contributed by atoms with van der Waals surface area (Å²) in [4.78, 5) is 11.3. The maximum Gasteiger partial charge on any atom is 0.163 e. The second kappa shape index (κ2) is 2.33. The van der Waals surface area contributed by atoms with E-state index < -0.39 is 0 Å². The van der Waals surface area contributed by atoms with Crippen LogP contribution in [0.15, 0.2) is 23.3 Å². The van der Waals surface area contributed by atoms with E-state index in [2.05, 4.69) is 6.58 Å². The van der Waals surface area contributed by atoms with E-state index in [0.29, 0.717) is 12.2 Å². The lowest BCUT2D eigenvalue weighted by Gasteiger charge is -2.12. The van der Waals surface area contributed by atoms with Crippen molar-refractivity contribution in [2.75, 3.05) is 0 Å². The van der Waals surface area contributed by atoms with Crippen LogP contribution in [0.1, 0.15) is 32.1 Å². The highest BCUT2D eigenvalue weighted by atomic mass is 16.1. The molecule has 0 aromatic heterocycles. The fraction of sp³-hybridized carbons (Fsp3) is 0.500. The molecule has 0 heterocycles. The van der Waals surface area contributed by atoms with Gasteiger partial charge in [0.05, 0.1) is 0 Å². The first-order chi connectivity index (χ1) is 5.29. The highest BCUT2D eigenvalue weighted by Crippen LogP contribution is 2.37. The highest BCUT2D eigenvalue weighted by Gasteiger charge is 2.27. The number of ketones is 1. The average molecular weight is 148 g/mol. The predicted octanol–water partition coefficient (Wildman–Crippen LogP) is 2.39. The predicted molar refractivity (Wildman–Crippen MR) is 44.3 cm³/mol. The molecule has 0 spiro atoms. The molecule has 1 heteroatoms. The van der Waals surface area contributed by atoms with Crippen LogP contribution in [-0.2, 0) is 4.79 Å². The van der Waals surface area contributed by atoms with Gasteiger partial charge in [0.15, 0.2) is 5.78 Å². The van der Waals surface area contributed by atoms with Gasteiger partial charge >= 0.3 is 0 Å². The summed E-state index contributed by atoms with van der Waals surface area (Å²) in [5.41, 5.74) is 3.48. The average Bonchev–Trinajstić information content (AvgIpc) is 2.30. The van der Waals surface area contributed by atoms with Crippen molar-refractivity contribution in [3.63, 3.8) is 0 Å². The molecule has 2 rings (SSSR count). The van der Waals surface area contributed by atoms with Crippen LogP contribution in [0.3, 0.4) is 0 Å². The van der Waals surface area contributed by atoms with E-state index in [9.17, 15) is 4.79 Å². The molecule has 2 aliphatic carbocycles. The van der Waals surface area contributed by atoms with Crippen molar-refractivity contribution in [3.05, 3.63) is 23.3 Å². The second-order valence-corrected chi connectivity index (χ2v) is 3.37. The Labute approximate surface area is 66.8 Å². The first-order valence-corrected chi connectivity index (χ1v) is 4.22. The van der Waals surface area contributed by atoms with Crippen molar-refractivity contribution < 1.29 is 4.79 Å². The fourth-order valence-corrected chi connectivity index (χ4v) is 2.01. The molecule has 0 unspecified atom stereocenters. The Bertz CT molecular complexity index is 232. The monoisotopic (exact) mass is 148 g/mol. The Balaban J connectivity index is 2.40. The molecule has 1 nitrogen and oxygen atoms in total. The summed E-state index contributed by atoms with van der Waals surface area (Å²) in [5.74, 6) is 0.338. The fourth-order valence-electron chi connectivity index (χ4n) is 2.01. The summed E-state index contributed by atoms with van der Waals surface area (Å²) in [6, 6.07) is 0. The van der Waals surface area contributed by atoms with E-state index in [1.807, 2.05) is 0 Å². The smallest absolute Gasteiger partial charge is 0.163 e. The molecular formula is C10H12O. The van der Waals surface area contributed by atoms with E-state index in [0.717, 1.165) is 24.0 Å². The minimum absolute atomic E-state index is 0.338. The Morgan fingerprint density at radius 2 is 1.73 bits per heavy atom. The zero-order valence-electron chi connectivity index (χ0n) is 6.65. The third-order valence-electron chi connectivity index (χ3n) is 2.61. The van der Waals surface area contributed by atoms with Gasteiger partial charge in [-0.3, -0.25) is 4.79 Å². The lowest BCUT2D eigenvalue weighted by Crippen LogP contribution is -2.00. The van der Waals surface area contributed by atoms with E-state index in [1.165, 1.54) is 18.4 Å². The molecule has 0 N–H and O–H groups in total. The van der Waals surface area contributed by atoms with Gasteiger partial charge in [-0.05, 0) is 42.4 Å². The Morgan fingerprint density at radius 3 is 2.36 bits per heavy atom. The Kier molecular flexibility index (Phi) is 1.45. The molecule has 0 fully saturated rings. The molecule has 0 saturated heterocycles. The summed E-state index contributed by atoms with van der Waals surface area (Å²) < 4.78 is 0. The first kappa shape index (κ1) is 6.84. The van der Waals surface area contributed by atoms with Crippen molar-refractivity contribution in [1.82, 2.24) is 0 Å². The zero-order chi connectivity index (χ0) is 7.84. The third-order valence-corrected chi connectivity index (χ3v) is 2.61. The largest absolute Gasteiger partial charge is 0.294 e. The summed E-state index contributed by atoms with van der Waals surface area (Å²) >= 11 is 0. The number of hydrogen-bond acceptors (Lipinski definition) is 1. The van der Waals surface area contributed by atoms with Gasteiger partial charge in [0.2, 0.25) is 0 Å². The van der Waals surface area contributed by atoms with E-state index in [4.69, 9.17) is 0 Å². The normalized spacial score (nSPS) is 24.4. The van der Waals surface area contributed by atoms with Crippen LogP contribution in [0.5, 0.6) is 0 Å².